The third-order valence-electron chi connectivity index (χ3n) is 17.1. The number of amides is 4. The van der Waals surface area contributed by atoms with E-state index < -0.39 is 41.9 Å². The van der Waals surface area contributed by atoms with Crippen LogP contribution < -0.4 is 30.2 Å². The number of aliphatic imine (C=N–C) groups is 2. The fraction of sp³-hybridized carbons (Fsp3) is 0.394. The van der Waals surface area contributed by atoms with Gasteiger partial charge in [0.1, 0.15) is 77.0 Å². The van der Waals surface area contributed by atoms with Crippen molar-refractivity contribution in [3.8, 4) is 69.1 Å². The number of alkyl halides is 2. The number of carbonyl (C=O) groups is 5. The molecule has 97 heavy (non-hydrogen) atoms. The number of likely N-dealkylation sites (tertiary alicyclic amines) is 1. The van der Waals surface area contributed by atoms with Crippen LogP contribution in [0.3, 0.4) is 0 Å². The lowest BCUT2D eigenvalue weighted by Gasteiger charge is -2.38. The lowest BCUT2D eigenvalue weighted by molar-refractivity contribution is -0.155. The van der Waals surface area contributed by atoms with Crippen LogP contribution in [0.15, 0.2) is 120 Å². The van der Waals surface area contributed by atoms with Crippen molar-refractivity contribution in [3.63, 3.8) is 0 Å². The van der Waals surface area contributed by atoms with Gasteiger partial charge in [-0.05, 0) is 130 Å². The van der Waals surface area contributed by atoms with Gasteiger partial charge in [-0.3, -0.25) is 33.9 Å². The summed E-state index contributed by atoms with van der Waals surface area (Å²) in [4.78, 5) is 82.6. The predicted molar refractivity (Wildman–Crippen MR) is 349 cm³/mol. The number of anilines is 3. The number of hydrogen-bond acceptors (Lipinski definition) is 20. The number of aromatic nitrogens is 3. The van der Waals surface area contributed by atoms with Crippen LogP contribution in [0.2, 0.25) is 0 Å². The van der Waals surface area contributed by atoms with Gasteiger partial charge in [0.2, 0.25) is 11.8 Å². The summed E-state index contributed by atoms with van der Waals surface area (Å²) in [6.45, 7) is 5.70. The number of halogens is 2. The van der Waals surface area contributed by atoms with E-state index >= 15 is 8.78 Å². The van der Waals surface area contributed by atoms with Gasteiger partial charge in [-0.15, -0.1) is 0 Å². The molecule has 3 saturated carbocycles. The molecule has 7 aliphatic rings. The largest absolute Gasteiger partial charge is 0.489 e. The molecule has 24 nitrogen and oxygen atoms in total. The number of ether oxygens (including phenoxy) is 6. The molecule has 13 rings (SSSR count). The number of pyridine rings is 1. The number of carbonyl (C=O) groups excluding carboxylic acids is 5. The second-order valence-electron chi connectivity index (χ2n) is 24.4. The molecule has 0 unspecified atom stereocenters. The van der Waals surface area contributed by atoms with Crippen molar-refractivity contribution >= 4 is 58.3 Å². The molecule has 6 fully saturated rings. The molecule has 0 radical (unpaired) electrons. The van der Waals surface area contributed by atoms with Gasteiger partial charge in [-0.1, -0.05) is 18.2 Å². The van der Waals surface area contributed by atoms with E-state index in [2.05, 4.69) is 53.0 Å². The predicted octanol–water partition coefficient (Wildman–Crippen LogP) is 9.41. The van der Waals surface area contributed by atoms with Gasteiger partial charge < -0.3 is 54.4 Å². The van der Waals surface area contributed by atoms with Crippen LogP contribution in [0.25, 0.3) is 33.6 Å². The van der Waals surface area contributed by atoms with Gasteiger partial charge in [0.25, 0.3) is 11.8 Å². The Bertz CT molecular complexity index is 4160. The summed E-state index contributed by atoms with van der Waals surface area (Å²) < 4.78 is 63.3. The zero-order valence-corrected chi connectivity index (χ0v) is 53.3. The molecule has 3 saturated heterocycles. The summed E-state index contributed by atoms with van der Waals surface area (Å²) in [5.41, 5.74) is 5.19. The van der Waals surface area contributed by atoms with E-state index in [1.165, 1.54) is 18.5 Å². The van der Waals surface area contributed by atoms with Gasteiger partial charge in [0, 0.05) is 79.3 Å². The van der Waals surface area contributed by atoms with E-state index in [1.807, 2.05) is 42.5 Å². The van der Waals surface area contributed by atoms with Crippen LogP contribution in [0.5, 0.6) is 17.2 Å². The minimum atomic E-state index is -3.33. The Morgan fingerprint density at radius 2 is 1.25 bits per heavy atom. The van der Waals surface area contributed by atoms with E-state index in [1.54, 1.807) is 68.6 Å². The molecule has 500 valence electrons. The maximum atomic E-state index is 15.0. The summed E-state index contributed by atoms with van der Waals surface area (Å²) >= 11 is 0. The third kappa shape index (κ3) is 17.5. The Kier molecular flexibility index (Phi) is 21.3. The van der Waals surface area contributed by atoms with Crippen molar-refractivity contribution in [2.75, 3.05) is 68.6 Å². The smallest absolute Gasteiger partial charge is 0.309 e. The fourth-order valence-corrected chi connectivity index (χ4v) is 11.2. The number of nitrogens with zero attached hydrogens (tertiary/aromatic N) is 9. The third-order valence-corrected chi connectivity index (χ3v) is 17.1. The van der Waals surface area contributed by atoms with Crippen molar-refractivity contribution in [3.05, 3.63) is 126 Å². The highest BCUT2D eigenvalue weighted by molar-refractivity contribution is 6.42. The van der Waals surface area contributed by atoms with Crippen molar-refractivity contribution in [1.82, 2.24) is 19.9 Å². The molecule has 3 aliphatic carbocycles. The van der Waals surface area contributed by atoms with Crippen molar-refractivity contribution < 1.29 is 66.3 Å². The molecular formula is C71H70F2N12O12. The van der Waals surface area contributed by atoms with E-state index in [0.29, 0.717) is 120 Å². The van der Waals surface area contributed by atoms with Crippen LogP contribution in [0.1, 0.15) is 94.7 Å². The first-order valence-electron chi connectivity index (χ1n) is 32.1. The molecule has 0 spiro atoms. The number of nitriles is 3. The normalized spacial score (nSPS) is 19.7. The lowest BCUT2D eigenvalue weighted by Crippen LogP contribution is -2.56. The molecule has 3 atom stereocenters. The summed E-state index contributed by atoms with van der Waals surface area (Å²) in [6, 6.07) is 34.2. The quantitative estimate of drug-likeness (QED) is 0.0582. The van der Waals surface area contributed by atoms with E-state index in [0.717, 1.165) is 54.6 Å². The van der Waals surface area contributed by atoms with Crippen LogP contribution in [-0.4, -0.2) is 149 Å². The fourth-order valence-electron chi connectivity index (χ4n) is 11.2. The number of amidine groups is 1. The van der Waals surface area contributed by atoms with Crippen LogP contribution in [0, 0.1) is 51.7 Å². The van der Waals surface area contributed by atoms with Crippen LogP contribution in [-0.2, 0) is 38.2 Å². The number of nitrogens with one attached hydrogen (secondary N) is 3. The average molecular weight is 1320 g/mol. The molecule has 4 N–H and O–H groups in total. The van der Waals surface area contributed by atoms with Crippen LogP contribution >= 0.6 is 0 Å². The Morgan fingerprint density at radius 3 is 1.82 bits per heavy atom. The standard InChI is InChI=1S/C26H24F2N6O3.C23H24N4O5.C22H22N2O4/c1-15-31-13-21(32-15)25(36)34-9-7-23(26(27,28)14-34)37-22-5-4-17(10-18(22)12-29)20-11-19(6-8-30-20)33-24(35)16-2-3-16;1-2-31-23(29)18-10-17(18)22(28)27-21-11-19(25-13-26-21)14-3-4-20(15(9-14)12-24)32-16-5-7-30-8-6-16;23-14-17-12-16(4-5-20(17)28-19-6-10-27-11-7-19)15-2-1-3-18(13-15)24-21(25)22(26)8-9-22/h4-6,8,10-11,16,23H,2-3,7,9,13-14H2,1H3,(H,30,33,35);3-4,9,11,13,16-18H,2,5-8,10H2,1H3,(H,25,26,27,28);1-5,12-13,19,26H,6-11H2,(H,24,25)/t23-;17-,18-;/m01./s1. The van der Waals surface area contributed by atoms with E-state index in [4.69, 9.17) is 28.4 Å². The van der Waals surface area contributed by atoms with Crippen molar-refractivity contribution in [1.29, 1.82) is 15.8 Å². The Hall–Kier alpha value is -10.6. The minimum absolute atomic E-state index is 0.0260. The summed E-state index contributed by atoms with van der Waals surface area (Å²) in [5, 5.41) is 47.1. The van der Waals surface area contributed by atoms with Gasteiger partial charge in [0.05, 0.1) is 86.0 Å². The van der Waals surface area contributed by atoms with Gasteiger partial charge >= 0.3 is 11.9 Å². The Balaban J connectivity index is 0.000000149. The molecule has 6 aromatic rings. The first kappa shape index (κ1) is 67.8. The number of rotatable bonds is 18. The minimum Gasteiger partial charge on any atom is -0.489 e. The number of aliphatic hydroxyl groups is 1. The second kappa shape index (κ2) is 30.4. The molecule has 4 aliphatic heterocycles. The van der Waals surface area contributed by atoms with Gasteiger partial charge in [0.15, 0.2) is 6.10 Å². The highest BCUT2D eigenvalue weighted by Crippen LogP contribution is 2.41. The van der Waals surface area contributed by atoms with E-state index in [9.17, 15) is 44.9 Å². The number of esters is 1. The second-order valence-corrected chi connectivity index (χ2v) is 24.4. The molecule has 2 aromatic heterocycles. The lowest BCUT2D eigenvalue weighted by atomic mass is 10.0. The van der Waals surface area contributed by atoms with Gasteiger partial charge in [-0.25, -0.2) is 23.7 Å². The first-order valence-corrected chi connectivity index (χ1v) is 32.1. The molecule has 4 amide bonds. The van der Waals surface area contributed by atoms with Gasteiger partial charge in [-0.2, -0.15) is 15.8 Å². The molecular weight excluding hydrogens is 1250 g/mol. The Labute approximate surface area is 557 Å². The van der Waals surface area contributed by atoms with Crippen LogP contribution in [0.4, 0.5) is 26.0 Å². The number of piperidine rings is 1. The molecule has 4 aromatic carbocycles. The number of hydrogen-bond donors (Lipinski definition) is 4. The highest BCUT2D eigenvalue weighted by Gasteiger charge is 2.51. The molecule has 0 bridgehead atoms. The monoisotopic (exact) mass is 1320 g/mol. The number of benzene rings is 4. The zero-order chi connectivity index (χ0) is 68.2. The average Bonchev–Trinajstić information content (AvgIpc) is 1.65. The SMILES string of the molecule is CC1=NCC(C(=O)N2CC[C@H](Oc3ccc(-c4cc(NC(=O)C5CC5)ccn4)cc3C#N)C(F)(F)C2)=N1.CCOC(=O)[C@@H]1C[C@H]1C(=O)Nc1cc(-c2ccc(OC3CCOCC3)c(C#N)c2)ncn1.N#Cc1cc(-c2cccc(NC(=O)C3(O)CC3)c2)ccc1OC1CCOCC1. The Morgan fingerprint density at radius 1 is 0.660 bits per heavy atom. The zero-order valence-electron chi connectivity index (χ0n) is 53.3. The molecule has 26 heteroatoms. The highest BCUT2D eigenvalue weighted by atomic mass is 19.3. The summed E-state index contributed by atoms with van der Waals surface area (Å²) in [6.07, 6.45) is 7.85. The maximum absolute atomic E-state index is 15.0. The van der Waals surface area contributed by atoms with E-state index in [-0.39, 0.29) is 78.4 Å². The first-order chi connectivity index (χ1) is 46.9. The summed E-state index contributed by atoms with van der Waals surface area (Å²) in [5.74, 6) is -3.73. The van der Waals surface area contributed by atoms with Crippen molar-refractivity contribution in [2.24, 2.45) is 27.7 Å². The maximum Gasteiger partial charge on any atom is 0.309 e. The summed E-state index contributed by atoms with van der Waals surface area (Å²) in [7, 11) is 0. The van der Waals surface area contributed by atoms with Crippen molar-refractivity contribution in [2.45, 2.75) is 108 Å². The topological polar surface area (TPSA) is 335 Å². The molecule has 6 heterocycles.